The van der Waals surface area contributed by atoms with Gasteiger partial charge in [-0.1, -0.05) is 46.3 Å². The normalized spacial score (nSPS) is 52.8. The third-order valence-corrected chi connectivity index (χ3v) is 16.2. The molecule has 4 saturated carbocycles. The lowest BCUT2D eigenvalue weighted by Crippen LogP contribution is -2.68. The predicted octanol–water partition coefficient (Wildman–Crippen LogP) is 1.76. The third kappa shape index (κ3) is 6.86. The molecule has 13 nitrogen and oxygen atoms in total. The van der Waals surface area contributed by atoms with Crippen molar-refractivity contribution in [2.45, 2.75) is 186 Å². The highest BCUT2D eigenvalue weighted by Gasteiger charge is 2.72. The van der Waals surface area contributed by atoms with Gasteiger partial charge in [-0.2, -0.15) is 0 Å². The van der Waals surface area contributed by atoms with Gasteiger partial charge in [0.2, 0.25) is 0 Å². The highest BCUT2D eigenvalue weighted by molar-refractivity contribution is 5.21. The summed E-state index contributed by atoms with van der Waals surface area (Å²) >= 11 is 0. The average Bonchev–Trinajstić information content (AvgIpc) is 3.48. The van der Waals surface area contributed by atoms with Gasteiger partial charge in [-0.15, -0.1) is 0 Å². The Kier molecular flexibility index (Phi) is 12.0. The summed E-state index contributed by atoms with van der Waals surface area (Å²) in [6, 6.07) is 0. The summed E-state index contributed by atoms with van der Waals surface area (Å²) in [6.07, 6.45) is -7.52. The predicted molar refractivity (Wildman–Crippen MR) is 196 cm³/mol. The average molecular weight is 771 g/mol. The van der Waals surface area contributed by atoms with Crippen LogP contribution in [0.4, 0.5) is 0 Å². The summed E-state index contributed by atoms with van der Waals surface area (Å²) in [7, 11) is 0. The van der Waals surface area contributed by atoms with Crippen molar-refractivity contribution < 1.29 is 64.9 Å². The molecule has 4 aliphatic carbocycles. The Morgan fingerprint density at radius 1 is 0.759 bits per heavy atom. The Labute approximate surface area is 320 Å². The minimum absolute atomic E-state index is 0.120. The largest absolute Gasteiger partial charge is 0.393 e. The first kappa shape index (κ1) is 42.8. The van der Waals surface area contributed by atoms with Crippen molar-refractivity contribution in [3.8, 4) is 0 Å². The van der Waals surface area contributed by atoms with Crippen LogP contribution in [0.1, 0.15) is 107 Å². The van der Waals surface area contributed by atoms with Crippen molar-refractivity contribution in [2.75, 3.05) is 13.2 Å². The van der Waals surface area contributed by atoms with Gasteiger partial charge < -0.3 is 64.9 Å². The van der Waals surface area contributed by atoms with Gasteiger partial charge in [0.25, 0.3) is 0 Å². The number of aliphatic hydroxyl groups is 9. The fourth-order valence-electron chi connectivity index (χ4n) is 13.1. The molecule has 6 fully saturated rings. The molecule has 11 unspecified atom stereocenters. The first-order chi connectivity index (χ1) is 25.0. The Balaban J connectivity index is 1.27. The summed E-state index contributed by atoms with van der Waals surface area (Å²) in [6.45, 7) is 16.5. The van der Waals surface area contributed by atoms with Crippen molar-refractivity contribution in [2.24, 2.45) is 45.3 Å². The van der Waals surface area contributed by atoms with Crippen molar-refractivity contribution in [3.05, 3.63) is 11.6 Å². The van der Waals surface area contributed by atoms with Crippen LogP contribution in [0.3, 0.4) is 0 Å². The van der Waals surface area contributed by atoms with Crippen molar-refractivity contribution in [1.82, 2.24) is 0 Å². The quantitative estimate of drug-likeness (QED) is 0.153. The number of fused-ring (bicyclic) bond motifs is 5. The highest BCUT2D eigenvalue weighted by atomic mass is 16.7. The molecule has 0 aromatic heterocycles. The number of aliphatic hydroxyl groups excluding tert-OH is 9. The number of hydrogen-bond acceptors (Lipinski definition) is 13. The maximum Gasteiger partial charge on any atom is 0.187 e. The summed E-state index contributed by atoms with van der Waals surface area (Å²) < 4.78 is 24.0. The molecule has 0 aromatic carbocycles. The van der Waals surface area contributed by atoms with Crippen LogP contribution in [0.2, 0.25) is 0 Å². The summed E-state index contributed by atoms with van der Waals surface area (Å²) in [4.78, 5) is 0. The van der Waals surface area contributed by atoms with E-state index in [9.17, 15) is 46.0 Å². The molecular weight excluding hydrogens is 700 g/mol. The van der Waals surface area contributed by atoms with Crippen molar-refractivity contribution in [1.29, 1.82) is 0 Å². The molecule has 0 amide bonds. The SMILES string of the molecule is CC(C)=CCCC(C)(O[C@@H]1O[C@H](CO[C@H]2OC[C@@H](O)[C@H](O)[C@H]2O)[C@@H](O)[C@H](O)[C@H]1O)C1CCC2(C)C1C(O)CC1C3(C)CC(O)C(O)C(C)(C)C3CCC12C. The molecule has 13 heteroatoms. The molecule has 54 heavy (non-hydrogen) atoms. The van der Waals surface area contributed by atoms with Gasteiger partial charge in [0.1, 0.15) is 42.7 Å². The maximum atomic E-state index is 12.4. The van der Waals surface area contributed by atoms with Crippen LogP contribution in [0.25, 0.3) is 0 Å². The zero-order valence-electron chi connectivity index (χ0n) is 33.5. The van der Waals surface area contributed by atoms with Crippen LogP contribution in [0.5, 0.6) is 0 Å². The molecule has 20 atom stereocenters. The van der Waals surface area contributed by atoms with E-state index in [-0.39, 0.29) is 53.1 Å². The monoisotopic (exact) mass is 770 g/mol. The molecular formula is C41H70O13. The van der Waals surface area contributed by atoms with Gasteiger partial charge in [-0.25, -0.2) is 0 Å². The van der Waals surface area contributed by atoms with Crippen LogP contribution in [-0.4, -0.2) is 138 Å². The maximum absolute atomic E-state index is 12.4. The molecule has 312 valence electrons. The van der Waals surface area contributed by atoms with E-state index in [0.29, 0.717) is 25.7 Å². The second-order valence-electron chi connectivity index (χ2n) is 19.8. The number of allylic oxidation sites excluding steroid dienone is 2. The lowest BCUT2D eigenvalue weighted by Gasteiger charge is -2.71. The van der Waals surface area contributed by atoms with E-state index >= 15 is 0 Å². The summed E-state index contributed by atoms with van der Waals surface area (Å²) in [5.74, 6) is -0.00789. The van der Waals surface area contributed by atoms with Crippen LogP contribution in [0, 0.1) is 45.3 Å². The Hall–Kier alpha value is -0.780. The van der Waals surface area contributed by atoms with Crippen molar-refractivity contribution >= 4 is 0 Å². The zero-order chi connectivity index (χ0) is 39.9. The van der Waals surface area contributed by atoms with E-state index < -0.39 is 84.6 Å². The van der Waals surface area contributed by atoms with E-state index in [1.165, 1.54) is 0 Å². The van der Waals surface area contributed by atoms with Crippen LogP contribution in [0.15, 0.2) is 11.6 Å². The van der Waals surface area contributed by atoms with E-state index in [1.54, 1.807) is 0 Å². The van der Waals surface area contributed by atoms with Crippen LogP contribution >= 0.6 is 0 Å². The Morgan fingerprint density at radius 3 is 2.07 bits per heavy atom. The molecule has 6 rings (SSSR count). The number of hydrogen-bond donors (Lipinski definition) is 9. The first-order valence-electron chi connectivity index (χ1n) is 20.4. The van der Waals surface area contributed by atoms with E-state index in [1.807, 2.05) is 20.8 Å². The van der Waals surface area contributed by atoms with Crippen LogP contribution in [-0.2, 0) is 18.9 Å². The lowest BCUT2D eigenvalue weighted by atomic mass is 9.35. The number of rotatable bonds is 9. The van der Waals surface area contributed by atoms with Crippen LogP contribution < -0.4 is 0 Å². The van der Waals surface area contributed by atoms with Gasteiger partial charge in [0, 0.05) is 0 Å². The molecule has 0 radical (unpaired) electrons. The first-order valence-corrected chi connectivity index (χ1v) is 20.4. The molecule has 9 N–H and O–H groups in total. The van der Waals surface area contributed by atoms with E-state index in [4.69, 9.17) is 18.9 Å². The van der Waals surface area contributed by atoms with E-state index in [2.05, 4.69) is 40.7 Å². The minimum atomic E-state index is -1.65. The molecule has 2 saturated heterocycles. The molecule has 0 aromatic rings. The van der Waals surface area contributed by atoms with Crippen molar-refractivity contribution in [3.63, 3.8) is 0 Å². The molecule has 2 aliphatic heterocycles. The smallest absolute Gasteiger partial charge is 0.187 e. The topological polar surface area (TPSA) is 219 Å². The second-order valence-corrected chi connectivity index (χ2v) is 19.8. The number of ether oxygens (including phenoxy) is 4. The van der Waals surface area contributed by atoms with Gasteiger partial charge in [-0.3, -0.25) is 0 Å². The van der Waals surface area contributed by atoms with Gasteiger partial charge >= 0.3 is 0 Å². The molecule has 0 spiro atoms. The Bertz CT molecular complexity index is 1360. The summed E-state index contributed by atoms with van der Waals surface area (Å²) in [5.41, 5.74) is -1.03. The third-order valence-electron chi connectivity index (χ3n) is 16.2. The fraction of sp³-hybridized carbons (Fsp3) is 0.951. The molecule has 2 heterocycles. The fourth-order valence-corrected chi connectivity index (χ4v) is 13.1. The van der Waals surface area contributed by atoms with E-state index in [0.717, 1.165) is 31.3 Å². The van der Waals surface area contributed by atoms with Gasteiger partial charge in [0.05, 0.1) is 37.1 Å². The van der Waals surface area contributed by atoms with Gasteiger partial charge in [0.15, 0.2) is 12.6 Å². The highest BCUT2D eigenvalue weighted by Crippen LogP contribution is 2.76. The lowest BCUT2D eigenvalue weighted by molar-refractivity contribution is -0.345. The van der Waals surface area contributed by atoms with Gasteiger partial charge in [-0.05, 0) is 117 Å². The summed E-state index contributed by atoms with van der Waals surface area (Å²) in [5, 5.41) is 98.2. The standard InChI is InChI=1S/C41H70O13/c1-20(2)10-9-13-41(8,54-36-33(49)31(47)30(46)25(53-36)19-52-35-32(48)29(45)24(44)18-51-35)21-11-14-40(7)28(21)22(42)16-27-38(5)17-23(43)34(50)37(3,4)26(38)12-15-39(27,40)6/h10,21-36,42-50H,9,11-19H2,1-8H3/t21?,22?,23?,24-,25-,26?,27?,28?,29+,30-,31+,32-,33-,34?,35-,36+,38?,39?,40?,41?/m1/s1. The Morgan fingerprint density at radius 2 is 1.41 bits per heavy atom. The second kappa shape index (κ2) is 15.1. The minimum Gasteiger partial charge on any atom is -0.393 e. The molecule has 6 aliphatic rings. The molecule has 0 bridgehead atoms. The zero-order valence-corrected chi connectivity index (χ0v) is 33.5.